The van der Waals surface area contributed by atoms with E-state index in [9.17, 15) is 13.5 Å². The predicted octanol–water partition coefficient (Wildman–Crippen LogP) is -0.582. The molecule has 1 heterocycles. The van der Waals surface area contributed by atoms with Crippen molar-refractivity contribution >= 4 is 9.84 Å². The van der Waals surface area contributed by atoms with Gasteiger partial charge < -0.3 is 14.9 Å². The number of aliphatic hydroxyl groups excluding tert-OH is 1. The second-order valence-corrected chi connectivity index (χ2v) is 7.46. The Morgan fingerprint density at radius 2 is 2.00 bits per heavy atom. The maximum atomic E-state index is 11.0. The summed E-state index contributed by atoms with van der Waals surface area (Å²) in [6, 6.07) is 0.323. The zero-order chi connectivity index (χ0) is 13.1. The van der Waals surface area contributed by atoms with Crippen molar-refractivity contribution in [2.45, 2.75) is 25.0 Å². The summed E-state index contributed by atoms with van der Waals surface area (Å²) in [6.45, 7) is 2.98. The largest absolute Gasteiger partial charge is 0.393 e. The molecule has 6 heteroatoms. The molecular formula is C11H24N2O3S. The van der Waals surface area contributed by atoms with Crippen molar-refractivity contribution in [3.8, 4) is 0 Å². The van der Waals surface area contributed by atoms with Crippen molar-refractivity contribution in [2.24, 2.45) is 0 Å². The highest BCUT2D eigenvalue weighted by molar-refractivity contribution is 7.90. The van der Waals surface area contributed by atoms with Gasteiger partial charge >= 0.3 is 0 Å². The molecule has 1 aliphatic heterocycles. The Kier molecular flexibility index (Phi) is 5.37. The van der Waals surface area contributed by atoms with E-state index in [1.165, 1.54) is 6.26 Å². The van der Waals surface area contributed by atoms with E-state index in [0.29, 0.717) is 18.9 Å². The van der Waals surface area contributed by atoms with Crippen LogP contribution in [0, 0.1) is 0 Å². The zero-order valence-electron chi connectivity index (χ0n) is 11.0. The SMILES string of the molecule is CN1CCN(C)C(CC(O)CCS(C)(=O)=O)C1. The third-order valence-electron chi connectivity index (χ3n) is 3.35. The van der Waals surface area contributed by atoms with E-state index in [0.717, 1.165) is 19.6 Å². The Hall–Kier alpha value is -0.170. The third kappa shape index (κ3) is 5.81. The van der Waals surface area contributed by atoms with Crippen LogP contribution in [0.25, 0.3) is 0 Å². The van der Waals surface area contributed by atoms with Crippen molar-refractivity contribution < 1.29 is 13.5 Å². The second-order valence-electron chi connectivity index (χ2n) is 5.20. The molecule has 1 fully saturated rings. The first-order chi connectivity index (χ1) is 7.78. The molecule has 0 radical (unpaired) electrons. The molecule has 1 saturated heterocycles. The molecule has 0 saturated carbocycles. The maximum Gasteiger partial charge on any atom is 0.147 e. The fraction of sp³-hybridized carbons (Fsp3) is 1.00. The number of piperazine rings is 1. The number of sulfone groups is 1. The summed E-state index contributed by atoms with van der Waals surface area (Å²) in [5.41, 5.74) is 0. The summed E-state index contributed by atoms with van der Waals surface area (Å²) < 4.78 is 22.0. The van der Waals surface area contributed by atoms with Crippen LogP contribution < -0.4 is 0 Å². The van der Waals surface area contributed by atoms with Gasteiger partial charge in [0, 0.05) is 31.9 Å². The summed E-state index contributed by atoms with van der Waals surface area (Å²) in [5.74, 6) is 0.0699. The molecule has 0 amide bonds. The molecular weight excluding hydrogens is 240 g/mol. The van der Waals surface area contributed by atoms with Crippen LogP contribution in [-0.4, -0.2) is 81.2 Å². The third-order valence-corrected chi connectivity index (χ3v) is 4.32. The molecule has 1 aliphatic rings. The highest BCUT2D eigenvalue weighted by atomic mass is 32.2. The number of nitrogens with zero attached hydrogens (tertiary/aromatic N) is 2. The molecule has 0 bridgehead atoms. The average Bonchev–Trinajstić information content (AvgIpc) is 2.20. The van der Waals surface area contributed by atoms with Gasteiger partial charge in [-0.1, -0.05) is 0 Å². The van der Waals surface area contributed by atoms with Crippen LogP contribution in [0.2, 0.25) is 0 Å². The fourth-order valence-corrected chi connectivity index (χ4v) is 2.84. The van der Waals surface area contributed by atoms with Gasteiger partial charge in [0.15, 0.2) is 0 Å². The Morgan fingerprint density at radius 3 is 2.59 bits per heavy atom. The van der Waals surface area contributed by atoms with Crippen LogP contribution in [0.1, 0.15) is 12.8 Å². The van der Waals surface area contributed by atoms with Crippen molar-refractivity contribution in [3.63, 3.8) is 0 Å². The van der Waals surface area contributed by atoms with Gasteiger partial charge in [0.05, 0.1) is 11.9 Å². The van der Waals surface area contributed by atoms with Gasteiger partial charge in [0.2, 0.25) is 0 Å². The van der Waals surface area contributed by atoms with Crippen LogP contribution in [0.15, 0.2) is 0 Å². The summed E-state index contributed by atoms with van der Waals surface area (Å²) in [7, 11) is 1.16. The Morgan fingerprint density at radius 1 is 1.35 bits per heavy atom. The molecule has 5 nitrogen and oxygen atoms in total. The highest BCUT2D eigenvalue weighted by Gasteiger charge is 2.24. The quantitative estimate of drug-likeness (QED) is 0.720. The Bertz CT molecular complexity index is 332. The Balaban J connectivity index is 2.36. The molecule has 0 aromatic heterocycles. The minimum Gasteiger partial charge on any atom is -0.393 e. The summed E-state index contributed by atoms with van der Waals surface area (Å²) in [4.78, 5) is 4.48. The van der Waals surface area contributed by atoms with Gasteiger partial charge in [-0.2, -0.15) is 0 Å². The minimum absolute atomic E-state index is 0.0699. The van der Waals surface area contributed by atoms with Crippen LogP contribution >= 0.6 is 0 Å². The zero-order valence-corrected chi connectivity index (χ0v) is 11.8. The van der Waals surface area contributed by atoms with Gasteiger partial charge in [-0.15, -0.1) is 0 Å². The molecule has 102 valence electrons. The number of hydrogen-bond donors (Lipinski definition) is 1. The van der Waals surface area contributed by atoms with Crippen LogP contribution in [0.3, 0.4) is 0 Å². The topological polar surface area (TPSA) is 60.9 Å². The smallest absolute Gasteiger partial charge is 0.147 e. The molecule has 1 N–H and O–H groups in total. The van der Waals surface area contributed by atoms with E-state index in [1.54, 1.807) is 0 Å². The lowest BCUT2D eigenvalue weighted by molar-refractivity contribution is 0.0626. The monoisotopic (exact) mass is 264 g/mol. The molecule has 0 aromatic carbocycles. The number of likely N-dealkylation sites (N-methyl/N-ethyl adjacent to an activating group) is 2. The van der Waals surface area contributed by atoms with Gasteiger partial charge in [-0.3, -0.25) is 0 Å². The second kappa shape index (κ2) is 6.13. The number of hydrogen-bond acceptors (Lipinski definition) is 5. The van der Waals surface area contributed by atoms with Gasteiger partial charge in [-0.05, 0) is 26.9 Å². The van der Waals surface area contributed by atoms with Crippen LogP contribution in [0.4, 0.5) is 0 Å². The number of aliphatic hydroxyl groups is 1. The van der Waals surface area contributed by atoms with Gasteiger partial charge in [0.25, 0.3) is 0 Å². The van der Waals surface area contributed by atoms with E-state index < -0.39 is 15.9 Å². The van der Waals surface area contributed by atoms with E-state index in [4.69, 9.17) is 0 Å². The maximum absolute atomic E-state index is 11.0. The molecule has 2 atom stereocenters. The van der Waals surface area contributed by atoms with E-state index in [-0.39, 0.29) is 5.75 Å². The van der Waals surface area contributed by atoms with E-state index in [1.807, 2.05) is 0 Å². The van der Waals surface area contributed by atoms with Crippen molar-refractivity contribution in [1.29, 1.82) is 0 Å². The van der Waals surface area contributed by atoms with Crippen molar-refractivity contribution in [2.75, 3.05) is 45.7 Å². The van der Waals surface area contributed by atoms with Gasteiger partial charge in [-0.25, -0.2) is 8.42 Å². The Labute approximate surface area is 104 Å². The average molecular weight is 264 g/mol. The lowest BCUT2D eigenvalue weighted by atomic mass is 10.0. The summed E-state index contributed by atoms with van der Waals surface area (Å²) in [6.07, 6.45) is 1.67. The first-order valence-electron chi connectivity index (χ1n) is 6.02. The van der Waals surface area contributed by atoms with Crippen molar-refractivity contribution in [1.82, 2.24) is 9.80 Å². The first-order valence-corrected chi connectivity index (χ1v) is 8.08. The molecule has 0 spiro atoms. The summed E-state index contributed by atoms with van der Waals surface area (Å²) >= 11 is 0. The summed E-state index contributed by atoms with van der Waals surface area (Å²) in [5, 5.41) is 9.86. The molecule has 0 aromatic rings. The lowest BCUT2D eigenvalue weighted by Crippen LogP contribution is -2.51. The minimum atomic E-state index is -2.97. The van der Waals surface area contributed by atoms with E-state index in [2.05, 4.69) is 23.9 Å². The molecule has 1 rings (SSSR count). The highest BCUT2D eigenvalue weighted by Crippen LogP contribution is 2.13. The molecule has 0 aliphatic carbocycles. The molecule has 2 unspecified atom stereocenters. The molecule has 17 heavy (non-hydrogen) atoms. The normalized spacial score (nSPS) is 26.0. The van der Waals surface area contributed by atoms with Crippen LogP contribution in [-0.2, 0) is 9.84 Å². The first kappa shape index (κ1) is 14.9. The van der Waals surface area contributed by atoms with Gasteiger partial charge in [0.1, 0.15) is 9.84 Å². The predicted molar refractivity (Wildman–Crippen MR) is 68.9 cm³/mol. The van der Waals surface area contributed by atoms with E-state index >= 15 is 0 Å². The lowest BCUT2D eigenvalue weighted by Gasteiger charge is -2.38. The standard InChI is InChI=1S/C11H24N2O3S/c1-12-5-6-13(2)10(9-12)8-11(14)4-7-17(3,15)16/h10-11,14H,4-9H2,1-3H3. The van der Waals surface area contributed by atoms with Crippen molar-refractivity contribution in [3.05, 3.63) is 0 Å². The van der Waals surface area contributed by atoms with Crippen LogP contribution in [0.5, 0.6) is 0 Å². The fourth-order valence-electron chi connectivity index (χ4n) is 2.14. The number of rotatable bonds is 5.